The molecule has 2 aromatic rings. The predicted octanol–water partition coefficient (Wildman–Crippen LogP) is 5.04. The average molecular weight is 621 g/mol. The van der Waals surface area contributed by atoms with E-state index in [2.05, 4.69) is 27.3 Å². The molecule has 9 nitrogen and oxygen atoms in total. The first kappa shape index (κ1) is 29.4. The maximum absolute atomic E-state index is 12.8. The smallest absolute Gasteiger partial charge is 0.289 e. The number of alkyl halides is 1. The SMILES string of the molecule is C[C@@H](NS(=O)(=O)c1ccccc1[N+](=O)[O-])c1cccc(OCCCCCOCCCOCCI)c1. The number of hydrogen-bond acceptors (Lipinski definition) is 7. The van der Waals surface area contributed by atoms with E-state index in [1.165, 1.54) is 24.3 Å². The molecule has 0 spiro atoms. The highest BCUT2D eigenvalue weighted by molar-refractivity contribution is 14.1. The Bertz CT molecular complexity index is 1020. The quantitative estimate of drug-likeness (QED) is 0.0816. The molecule has 0 bridgehead atoms. The molecular weight excluding hydrogens is 587 g/mol. The van der Waals surface area contributed by atoms with Gasteiger partial charge in [0, 0.05) is 36.4 Å². The van der Waals surface area contributed by atoms with Gasteiger partial charge in [-0.2, -0.15) is 0 Å². The summed E-state index contributed by atoms with van der Waals surface area (Å²) in [5, 5.41) is 11.2. The van der Waals surface area contributed by atoms with Crippen LogP contribution in [0, 0.1) is 10.1 Å². The van der Waals surface area contributed by atoms with E-state index in [1.807, 2.05) is 6.07 Å². The maximum Gasteiger partial charge on any atom is 0.289 e. The molecule has 35 heavy (non-hydrogen) atoms. The summed E-state index contributed by atoms with van der Waals surface area (Å²) < 4.78 is 45.9. The summed E-state index contributed by atoms with van der Waals surface area (Å²) in [6, 6.07) is 11.8. The molecule has 0 saturated carbocycles. The van der Waals surface area contributed by atoms with Crippen molar-refractivity contribution in [3.63, 3.8) is 0 Å². The molecule has 0 aliphatic rings. The summed E-state index contributed by atoms with van der Waals surface area (Å²) in [4.78, 5) is 10.1. The second kappa shape index (κ2) is 16.0. The Balaban J connectivity index is 1.75. The van der Waals surface area contributed by atoms with E-state index in [1.54, 1.807) is 25.1 Å². The number of sulfonamides is 1. The number of nitrogens with one attached hydrogen (secondary N) is 1. The summed E-state index contributed by atoms with van der Waals surface area (Å²) in [6.07, 6.45) is 3.73. The fraction of sp³-hybridized carbons (Fsp3) is 0.500. The van der Waals surface area contributed by atoms with Crippen molar-refractivity contribution in [2.45, 2.75) is 43.5 Å². The summed E-state index contributed by atoms with van der Waals surface area (Å²) >= 11 is 2.28. The molecule has 0 unspecified atom stereocenters. The second-order valence-corrected chi connectivity index (χ2v) is 10.6. The minimum atomic E-state index is -4.09. The van der Waals surface area contributed by atoms with Crippen LogP contribution in [0.4, 0.5) is 5.69 Å². The summed E-state index contributed by atoms with van der Waals surface area (Å²) in [6.45, 7) is 5.19. The number of hydrogen-bond donors (Lipinski definition) is 1. The van der Waals surface area contributed by atoms with Gasteiger partial charge in [0.2, 0.25) is 10.0 Å². The highest BCUT2D eigenvalue weighted by Gasteiger charge is 2.26. The number of halogens is 1. The zero-order valence-electron chi connectivity index (χ0n) is 19.9. The van der Waals surface area contributed by atoms with Crippen molar-refractivity contribution in [1.29, 1.82) is 0 Å². The standard InChI is InChI=1S/C24H33IN2O7S/c1-20(26-35(30,31)24-12-4-3-11-23(24)27(28)29)21-9-7-10-22(19-21)34-17-6-2-5-14-32-15-8-16-33-18-13-25/h3-4,7,9-12,19-20,26H,2,5-6,8,13-18H2,1H3/t20-/m1/s1. The Labute approximate surface area is 220 Å². The summed E-state index contributed by atoms with van der Waals surface area (Å²) in [5.41, 5.74) is 0.232. The Morgan fingerprint density at radius 2 is 1.63 bits per heavy atom. The normalized spacial score (nSPS) is 12.4. The zero-order valence-corrected chi connectivity index (χ0v) is 22.8. The van der Waals surface area contributed by atoms with Gasteiger partial charge in [0.25, 0.3) is 5.69 Å². The maximum atomic E-state index is 12.8. The molecule has 0 fully saturated rings. The van der Waals surface area contributed by atoms with Gasteiger partial charge in [-0.1, -0.05) is 46.9 Å². The monoisotopic (exact) mass is 620 g/mol. The van der Waals surface area contributed by atoms with Crippen LogP contribution in [0.3, 0.4) is 0 Å². The van der Waals surface area contributed by atoms with Crippen LogP contribution in [0.5, 0.6) is 5.75 Å². The van der Waals surface area contributed by atoms with Crippen LogP contribution in [-0.4, -0.2) is 50.8 Å². The van der Waals surface area contributed by atoms with Crippen LogP contribution < -0.4 is 9.46 Å². The van der Waals surface area contributed by atoms with Gasteiger partial charge in [-0.15, -0.1) is 0 Å². The largest absolute Gasteiger partial charge is 0.494 e. The van der Waals surface area contributed by atoms with Gasteiger partial charge in [0.15, 0.2) is 4.90 Å². The minimum absolute atomic E-state index is 0.363. The van der Waals surface area contributed by atoms with Crippen LogP contribution in [-0.2, 0) is 19.5 Å². The molecule has 0 aromatic heterocycles. The van der Waals surface area contributed by atoms with Crippen LogP contribution >= 0.6 is 22.6 Å². The van der Waals surface area contributed by atoms with E-state index >= 15 is 0 Å². The van der Waals surface area contributed by atoms with Gasteiger partial charge in [-0.05, 0) is 56.4 Å². The van der Waals surface area contributed by atoms with E-state index in [0.29, 0.717) is 24.5 Å². The third kappa shape index (κ3) is 10.8. The molecule has 194 valence electrons. The topological polar surface area (TPSA) is 117 Å². The molecule has 1 atom stereocenters. The molecule has 0 heterocycles. The van der Waals surface area contributed by atoms with E-state index in [9.17, 15) is 18.5 Å². The molecule has 0 aliphatic heterocycles. The van der Waals surface area contributed by atoms with Crippen molar-refractivity contribution in [3.8, 4) is 5.75 Å². The molecule has 11 heteroatoms. The minimum Gasteiger partial charge on any atom is -0.494 e. The number of rotatable bonds is 18. The first-order valence-electron chi connectivity index (χ1n) is 11.5. The first-order valence-corrected chi connectivity index (χ1v) is 14.6. The van der Waals surface area contributed by atoms with Gasteiger partial charge in [0.05, 0.1) is 18.1 Å². The van der Waals surface area contributed by atoms with Gasteiger partial charge in [0.1, 0.15) is 5.75 Å². The number of nitro groups is 1. The Hall–Kier alpha value is -1.80. The van der Waals surface area contributed by atoms with Gasteiger partial charge < -0.3 is 14.2 Å². The Morgan fingerprint density at radius 3 is 2.37 bits per heavy atom. The molecule has 1 N–H and O–H groups in total. The molecule has 0 saturated heterocycles. The molecule has 0 radical (unpaired) electrons. The van der Waals surface area contributed by atoms with Crippen molar-refractivity contribution >= 4 is 38.3 Å². The van der Waals surface area contributed by atoms with Crippen molar-refractivity contribution in [3.05, 3.63) is 64.2 Å². The van der Waals surface area contributed by atoms with Crippen LogP contribution in [0.2, 0.25) is 0 Å². The van der Waals surface area contributed by atoms with Crippen molar-refractivity contribution in [2.75, 3.05) is 37.5 Å². The number of unbranched alkanes of at least 4 members (excludes halogenated alkanes) is 2. The second-order valence-electron chi connectivity index (χ2n) is 7.82. The third-order valence-electron chi connectivity index (χ3n) is 5.04. The number of nitrogens with zero attached hydrogens (tertiary/aromatic N) is 1. The first-order chi connectivity index (χ1) is 16.8. The van der Waals surface area contributed by atoms with Gasteiger partial charge >= 0.3 is 0 Å². The van der Waals surface area contributed by atoms with Crippen LogP contribution in [0.25, 0.3) is 0 Å². The number of benzene rings is 2. The fourth-order valence-corrected chi connectivity index (χ4v) is 4.98. The summed E-state index contributed by atoms with van der Waals surface area (Å²) in [7, 11) is -4.09. The van der Waals surface area contributed by atoms with Crippen molar-refractivity contribution in [1.82, 2.24) is 4.72 Å². The molecule has 2 aromatic carbocycles. The van der Waals surface area contributed by atoms with Gasteiger partial charge in [-0.3, -0.25) is 10.1 Å². The highest BCUT2D eigenvalue weighted by Crippen LogP contribution is 2.26. The highest BCUT2D eigenvalue weighted by atomic mass is 127. The summed E-state index contributed by atoms with van der Waals surface area (Å²) in [5.74, 6) is 0.641. The number of para-hydroxylation sites is 1. The lowest BCUT2D eigenvalue weighted by Crippen LogP contribution is -2.27. The molecule has 2 rings (SSSR count). The lowest BCUT2D eigenvalue weighted by molar-refractivity contribution is -0.387. The Kier molecular flexibility index (Phi) is 13.5. The lowest BCUT2D eigenvalue weighted by Gasteiger charge is -2.16. The van der Waals surface area contributed by atoms with E-state index in [4.69, 9.17) is 14.2 Å². The lowest BCUT2D eigenvalue weighted by atomic mass is 10.1. The van der Waals surface area contributed by atoms with E-state index < -0.39 is 26.7 Å². The number of nitro benzene ring substituents is 1. The van der Waals surface area contributed by atoms with E-state index in [-0.39, 0.29) is 4.90 Å². The average Bonchev–Trinajstić information content (AvgIpc) is 2.84. The molecular formula is C24H33IN2O7S. The van der Waals surface area contributed by atoms with E-state index in [0.717, 1.165) is 49.9 Å². The number of ether oxygens (including phenoxy) is 3. The van der Waals surface area contributed by atoms with Crippen molar-refractivity contribution < 1.29 is 27.6 Å². The van der Waals surface area contributed by atoms with Crippen LogP contribution in [0.15, 0.2) is 53.4 Å². The Morgan fingerprint density at radius 1 is 0.943 bits per heavy atom. The van der Waals surface area contributed by atoms with Crippen molar-refractivity contribution in [2.24, 2.45) is 0 Å². The zero-order chi connectivity index (χ0) is 25.5. The fourth-order valence-electron chi connectivity index (χ4n) is 3.27. The van der Waals surface area contributed by atoms with Gasteiger partial charge in [-0.25, -0.2) is 13.1 Å². The predicted molar refractivity (Wildman–Crippen MR) is 143 cm³/mol. The molecule has 0 amide bonds. The third-order valence-corrected chi connectivity index (χ3v) is 7.07. The molecule has 0 aliphatic carbocycles. The van der Waals surface area contributed by atoms with Crippen LogP contribution in [0.1, 0.15) is 44.2 Å².